The highest BCUT2D eigenvalue weighted by molar-refractivity contribution is 7.92. The lowest BCUT2D eigenvalue weighted by Gasteiger charge is -2.24. The van der Waals surface area contributed by atoms with Gasteiger partial charge in [-0.2, -0.15) is 5.10 Å². The highest BCUT2D eigenvalue weighted by Crippen LogP contribution is 2.25. The molecule has 0 saturated carbocycles. The number of benzene rings is 4. The predicted octanol–water partition coefficient (Wildman–Crippen LogP) is 4.80. The Hall–Kier alpha value is -3.97. The molecule has 0 heterocycles. The summed E-state index contributed by atoms with van der Waals surface area (Å²) in [5.41, 5.74) is 5.55. The number of carbonyl (C=O) groups is 1. The van der Waals surface area contributed by atoms with Crippen molar-refractivity contribution >= 4 is 38.6 Å². The number of anilines is 1. The molecule has 0 radical (unpaired) electrons. The number of sulfonamides is 1. The summed E-state index contributed by atoms with van der Waals surface area (Å²) in [5.74, 6) is -0.546. The second kappa shape index (κ2) is 9.89. The minimum atomic E-state index is -3.97. The molecule has 0 bridgehead atoms. The molecule has 0 aliphatic rings. The third-order valence-electron chi connectivity index (χ3n) is 5.33. The molecule has 0 unspecified atom stereocenters. The molecule has 172 valence electrons. The molecule has 4 aromatic rings. The first kappa shape index (κ1) is 23.2. The van der Waals surface area contributed by atoms with Gasteiger partial charge in [0.2, 0.25) is 0 Å². The van der Waals surface area contributed by atoms with Crippen molar-refractivity contribution in [1.29, 1.82) is 0 Å². The van der Waals surface area contributed by atoms with E-state index < -0.39 is 22.5 Å². The van der Waals surface area contributed by atoms with Crippen LogP contribution < -0.4 is 9.73 Å². The van der Waals surface area contributed by atoms with Crippen molar-refractivity contribution in [2.24, 2.45) is 5.10 Å². The molecule has 0 atom stereocenters. The zero-order valence-corrected chi connectivity index (χ0v) is 19.8. The molecular weight excluding hydrogens is 446 g/mol. The number of hydrogen-bond donors (Lipinski definition) is 1. The largest absolute Gasteiger partial charge is 0.271 e. The van der Waals surface area contributed by atoms with E-state index in [1.54, 1.807) is 36.5 Å². The van der Waals surface area contributed by atoms with Gasteiger partial charge in [0.1, 0.15) is 6.54 Å². The van der Waals surface area contributed by atoms with Gasteiger partial charge in [0.25, 0.3) is 15.9 Å². The second-order valence-electron chi connectivity index (χ2n) is 8.03. The topological polar surface area (TPSA) is 78.8 Å². The van der Waals surface area contributed by atoms with E-state index in [1.165, 1.54) is 12.1 Å². The molecular formula is C27H25N3O3S. The van der Waals surface area contributed by atoms with Gasteiger partial charge in [-0.05, 0) is 60.0 Å². The number of hydrogen-bond acceptors (Lipinski definition) is 4. The van der Waals surface area contributed by atoms with E-state index in [2.05, 4.69) is 10.5 Å². The van der Waals surface area contributed by atoms with Crippen molar-refractivity contribution < 1.29 is 13.2 Å². The number of rotatable bonds is 7. The van der Waals surface area contributed by atoms with Gasteiger partial charge in [-0.15, -0.1) is 0 Å². The Morgan fingerprint density at radius 1 is 0.882 bits per heavy atom. The Bertz CT molecular complexity index is 1440. The summed E-state index contributed by atoms with van der Waals surface area (Å²) in [5, 5.41) is 6.15. The average Bonchev–Trinajstić information content (AvgIpc) is 2.82. The van der Waals surface area contributed by atoms with E-state index in [9.17, 15) is 13.2 Å². The number of amides is 1. The number of fused-ring (bicyclic) bond motifs is 1. The SMILES string of the molecule is Cc1cc(C)cc(N(CC(=O)N/N=C\c2cccc3ccccc23)S(=O)(=O)c2ccccc2)c1. The zero-order chi connectivity index (χ0) is 24.1. The summed E-state index contributed by atoms with van der Waals surface area (Å²) in [4.78, 5) is 12.9. The first-order valence-electron chi connectivity index (χ1n) is 10.8. The van der Waals surface area contributed by atoms with Crippen LogP contribution in [0.4, 0.5) is 5.69 Å². The predicted molar refractivity (Wildman–Crippen MR) is 137 cm³/mol. The van der Waals surface area contributed by atoms with Crippen molar-refractivity contribution in [3.8, 4) is 0 Å². The van der Waals surface area contributed by atoms with Crippen LogP contribution in [0.2, 0.25) is 0 Å². The Labute approximate surface area is 199 Å². The van der Waals surface area contributed by atoms with Gasteiger partial charge in [-0.3, -0.25) is 9.10 Å². The molecule has 1 N–H and O–H groups in total. The Balaban J connectivity index is 1.60. The molecule has 6 nitrogen and oxygen atoms in total. The van der Waals surface area contributed by atoms with Crippen molar-refractivity contribution in [2.45, 2.75) is 18.7 Å². The van der Waals surface area contributed by atoms with Gasteiger partial charge < -0.3 is 0 Å². The van der Waals surface area contributed by atoms with Crippen LogP contribution in [-0.4, -0.2) is 27.1 Å². The summed E-state index contributed by atoms with van der Waals surface area (Å²) < 4.78 is 28.0. The van der Waals surface area contributed by atoms with Crippen LogP contribution in [0.1, 0.15) is 16.7 Å². The van der Waals surface area contributed by atoms with E-state index in [1.807, 2.05) is 62.4 Å². The maximum atomic E-state index is 13.4. The normalized spacial score (nSPS) is 11.6. The Morgan fingerprint density at radius 2 is 1.53 bits per heavy atom. The quantitative estimate of drug-likeness (QED) is 0.311. The molecule has 4 aromatic carbocycles. The van der Waals surface area contributed by atoms with Gasteiger partial charge in [0.15, 0.2) is 0 Å². The average molecular weight is 472 g/mol. The number of aryl methyl sites for hydroxylation is 2. The molecule has 0 fully saturated rings. The highest BCUT2D eigenvalue weighted by Gasteiger charge is 2.27. The monoisotopic (exact) mass is 471 g/mol. The Kier molecular flexibility index (Phi) is 6.75. The third kappa shape index (κ3) is 5.15. The fourth-order valence-corrected chi connectivity index (χ4v) is 5.26. The van der Waals surface area contributed by atoms with Gasteiger partial charge in [0, 0.05) is 5.56 Å². The van der Waals surface area contributed by atoms with E-state index in [0.29, 0.717) is 5.69 Å². The molecule has 7 heteroatoms. The molecule has 1 amide bonds. The molecule has 0 aliphatic carbocycles. The summed E-state index contributed by atoms with van der Waals surface area (Å²) in [7, 11) is -3.97. The lowest BCUT2D eigenvalue weighted by molar-refractivity contribution is -0.119. The maximum Gasteiger partial charge on any atom is 0.264 e. The fourth-order valence-electron chi connectivity index (χ4n) is 3.83. The Morgan fingerprint density at radius 3 is 2.26 bits per heavy atom. The maximum absolute atomic E-state index is 13.4. The van der Waals surface area contributed by atoms with E-state index in [-0.39, 0.29) is 4.90 Å². The van der Waals surface area contributed by atoms with Crippen LogP contribution in [-0.2, 0) is 14.8 Å². The summed E-state index contributed by atoms with van der Waals surface area (Å²) in [6.45, 7) is 3.36. The van der Waals surface area contributed by atoms with Crippen molar-refractivity contribution in [2.75, 3.05) is 10.8 Å². The van der Waals surface area contributed by atoms with Crippen molar-refractivity contribution in [3.05, 3.63) is 108 Å². The molecule has 0 aromatic heterocycles. The van der Waals surface area contributed by atoms with Crippen molar-refractivity contribution in [1.82, 2.24) is 5.43 Å². The van der Waals surface area contributed by atoms with E-state index >= 15 is 0 Å². The first-order chi connectivity index (χ1) is 16.3. The molecule has 34 heavy (non-hydrogen) atoms. The van der Waals surface area contributed by atoms with Crippen LogP contribution in [0, 0.1) is 13.8 Å². The molecule has 0 saturated heterocycles. The fraction of sp³-hybridized carbons (Fsp3) is 0.111. The number of carbonyl (C=O) groups excluding carboxylic acids is 1. The van der Waals surface area contributed by atoms with Crippen LogP contribution in [0.25, 0.3) is 10.8 Å². The summed E-state index contributed by atoms with van der Waals surface area (Å²) in [6, 6.07) is 27.2. The molecule has 4 rings (SSSR count). The first-order valence-corrected chi connectivity index (χ1v) is 12.2. The number of hydrazone groups is 1. The van der Waals surface area contributed by atoms with Gasteiger partial charge >= 0.3 is 0 Å². The smallest absolute Gasteiger partial charge is 0.264 e. The molecule has 0 spiro atoms. The third-order valence-corrected chi connectivity index (χ3v) is 7.12. The second-order valence-corrected chi connectivity index (χ2v) is 9.89. The van der Waals surface area contributed by atoms with Gasteiger partial charge in [-0.25, -0.2) is 13.8 Å². The van der Waals surface area contributed by atoms with E-state index in [0.717, 1.165) is 31.8 Å². The number of nitrogens with zero attached hydrogens (tertiary/aromatic N) is 2. The van der Waals surface area contributed by atoms with Crippen LogP contribution in [0.5, 0.6) is 0 Å². The highest BCUT2D eigenvalue weighted by atomic mass is 32.2. The zero-order valence-electron chi connectivity index (χ0n) is 19.0. The van der Waals surface area contributed by atoms with Gasteiger partial charge in [0.05, 0.1) is 16.8 Å². The van der Waals surface area contributed by atoms with E-state index in [4.69, 9.17) is 0 Å². The minimum Gasteiger partial charge on any atom is -0.271 e. The number of nitrogens with one attached hydrogen (secondary N) is 1. The molecule has 0 aliphatic heterocycles. The summed E-state index contributed by atoms with van der Waals surface area (Å²) >= 11 is 0. The van der Waals surface area contributed by atoms with Crippen LogP contribution in [0.3, 0.4) is 0 Å². The minimum absolute atomic E-state index is 0.112. The van der Waals surface area contributed by atoms with Crippen LogP contribution >= 0.6 is 0 Å². The lowest BCUT2D eigenvalue weighted by atomic mass is 10.1. The lowest BCUT2D eigenvalue weighted by Crippen LogP contribution is -2.39. The van der Waals surface area contributed by atoms with Crippen LogP contribution in [0.15, 0.2) is 101 Å². The van der Waals surface area contributed by atoms with Gasteiger partial charge in [-0.1, -0.05) is 66.7 Å². The standard InChI is InChI=1S/C27H25N3O3S/c1-20-15-21(2)17-24(16-20)30(34(32,33)25-12-4-3-5-13-25)19-27(31)29-28-18-23-11-8-10-22-9-6-7-14-26(22)23/h3-18H,19H2,1-2H3,(H,29,31)/b28-18-. The summed E-state index contributed by atoms with van der Waals surface area (Å²) in [6.07, 6.45) is 1.56. The van der Waals surface area contributed by atoms with Crippen molar-refractivity contribution in [3.63, 3.8) is 0 Å².